The molecule has 84 valence electrons. The average molecular weight is 214 g/mol. The van der Waals surface area contributed by atoms with Crippen molar-refractivity contribution in [1.82, 2.24) is 5.32 Å². The number of hydrogen-bond donors (Lipinski definition) is 2. The van der Waals surface area contributed by atoms with Gasteiger partial charge in [-0.15, -0.1) is 0 Å². The Morgan fingerprint density at radius 1 is 1.43 bits per heavy atom. The van der Waals surface area contributed by atoms with E-state index in [0.717, 1.165) is 0 Å². The van der Waals surface area contributed by atoms with Crippen LogP contribution in [0.3, 0.4) is 0 Å². The summed E-state index contributed by atoms with van der Waals surface area (Å²) in [6.45, 7) is -0.443. The number of alkyl halides is 3. The first-order chi connectivity index (χ1) is 6.21. The summed E-state index contributed by atoms with van der Waals surface area (Å²) in [4.78, 5) is 10.8. The maximum Gasteiger partial charge on any atom is 0.411 e. The fourth-order valence-electron chi connectivity index (χ4n) is 0.637. The van der Waals surface area contributed by atoms with Crippen molar-refractivity contribution in [2.75, 3.05) is 20.3 Å². The molecule has 0 aliphatic carbocycles. The van der Waals surface area contributed by atoms with Crippen LogP contribution in [0.5, 0.6) is 0 Å². The summed E-state index contributed by atoms with van der Waals surface area (Å²) in [5, 5.41) is 2.50. The first-order valence-electron chi connectivity index (χ1n) is 3.84. The molecule has 1 atom stereocenters. The van der Waals surface area contributed by atoms with Crippen LogP contribution < -0.4 is 11.1 Å². The zero-order valence-electron chi connectivity index (χ0n) is 7.94. The molecule has 0 aromatic heterocycles. The summed E-state index contributed by atoms with van der Waals surface area (Å²) >= 11 is 0. The Kier molecular flexibility index (Phi) is 4.34. The van der Waals surface area contributed by atoms with Crippen LogP contribution in [0.1, 0.15) is 6.92 Å². The average Bonchev–Trinajstić information content (AvgIpc) is 2.01. The van der Waals surface area contributed by atoms with E-state index in [9.17, 15) is 18.0 Å². The first-order valence-corrected chi connectivity index (χ1v) is 3.84. The molecule has 0 aromatic carbocycles. The smallest absolute Gasteiger partial charge is 0.370 e. The monoisotopic (exact) mass is 214 g/mol. The summed E-state index contributed by atoms with van der Waals surface area (Å²) in [6, 6.07) is 0. The Balaban J connectivity index is 4.04. The van der Waals surface area contributed by atoms with Crippen molar-refractivity contribution >= 4 is 5.91 Å². The molecular weight excluding hydrogens is 201 g/mol. The van der Waals surface area contributed by atoms with Crippen LogP contribution in [-0.2, 0) is 9.53 Å². The highest BCUT2D eigenvalue weighted by atomic mass is 19.4. The number of hydrogen-bond acceptors (Lipinski definition) is 3. The van der Waals surface area contributed by atoms with Crippen molar-refractivity contribution in [2.24, 2.45) is 5.73 Å². The Hall–Kier alpha value is -0.820. The van der Waals surface area contributed by atoms with Crippen molar-refractivity contribution in [3.05, 3.63) is 0 Å². The number of likely N-dealkylation sites (N-methyl/N-ethyl adjacent to an activating group) is 1. The van der Waals surface area contributed by atoms with Gasteiger partial charge in [0, 0.05) is 0 Å². The number of rotatable bonds is 5. The summed E-state index contributed by atoms with van der Waals surface area (Å²) in [5.41, 5.74) is 3.70. The third-order valence-electron chi connectivity index (χ3n) is 1.75. The molecule has 1 amide bonds. The summed E-state index contributed by atoms with van der Waals surface area (Å²) in [7, 11) is 1.42. The third-order valence-corrected chi connectivity index (χ3v) is 1.75. The number of amides is 1. The summed E-state index contributed by atoms with van der Waals surface area (Å²) in [6.07, 6.45) is -4.40. The Labute approximate surface area is 79.6 Å². The van der Waals surface area contributed by atoms with E-state index in [0.29, 0.717) is 0 Å². The molecule has 1 unspecified atom stereocenters. The molecule has 4 nitrogen and oxygen atoms in total. The van der Waals surface area contributed by atoms with E-state index in [1.807, 2.05) is 0 Å². The summed E-state index contributed by atoms with van der Waals surface area (Å²) < 4.78 is 39.3. The molecule has 0 aromatic rings. The van der Waals surface area contributed by atoms with E-state index < -0.39 is 30.8 Å². The molecule has 14 heavy (non-hydrogen) atoms. The molecule has 0 rings (SSSR count). The predicted octanol–water partition coefficient (Wildman–Crippen LogP) is 0.0287. The lowest BCUT2D eigenvalue weighted by Gasteiger charge is -2.25. The Bertz CT molecular complexity index is 208. The normalized spacial score (nSPS) is 16.4. The van der Waals surface area contributed by atoms with Crippen molar-refractivity contribution in [3.8, 4) is 0 Å². The van der Waals surface area contributed by atoms with Gasteiger partial charge in [-0.3, -0.25) is 4.79 Å². The summed E-state index contributed by atoms with van der Waals surface area (Å²) in [5.74, 6) is -0.762. The molecule has 3 N–H and O–H groups in total. The van der Waals surface area contributed by atoms with Gasteiger partial charge in [-0.1, -0.05) is 0 Å². The second-order valence-electron chi connectivity index (χ2n) is 3.05. The van der Waals surface area contributed by atoms with Crippen LogP contribution in [0.25, 0.3) is 0 Å². The molecule has 0 spiro atoms. The minimum absolute atomic E-state index is 0.418. The fourth-order valence-corrected chi connectivity index (χ4v) is 0.637. The van der Waals surface area contributed by atoms with Gasteiger partial charge in [-0.2, -0.15) is 13.2 Å². The molecule has 0 fully saturated rings. The van der Waals surface area contributed by atoms with Gasteiger partial charge < -0.3 is 15.8 Å². The number of nitrogens with one attached hydrogen (secondary N) is 1. The van der Waals surface area contributed by atoms with Gasteiger partial charge in [0.25, 0.3) is 0 Å². The molecule has 0 bridgehead atoms. The van der Waals surface area contributed by atoms with Crippen molar-refractivity contribution in [1.29, 1.82) is 0 Å². The Morgan fingerprint density at radius 2 is 1.93 bits per heavy atom. The van der Waals surface area contributed by atoms with E-state index in [-0.39, 0.29) is 0 Å². The van der Waals surface area contributed by atoms with Crippen LogP contribution >= 0.6 is 0 Å². The van der Waals surface area contributed by atoms with E-state index in [2.05, 4.69) is 10.1 Å². The van der Waals surface area contributed by atoms with Gasteiger partial charge in [0.1, 0.15) is 12.1 Å². The topological polar surface area (TPSA) is 64.3 Å². The van der Waals surface area contributed by atoms with Gasteiger partial charge in [0.2, 0.25) is 5.91 Å². The van der Waals surface area contributed by atoms with Crippen LogP contribution in [0.4, 0.5) is 13.2 Å². The second-order valence-corrected chi connectivity index (χ2v) is 3.05. The van der Waals surface area contributed by atoms with Crippen LogP contribution in [0.2, 0.25) is 0 Å². The number of primary amides is 1. The third kappa shape index (κ3) is 4.43. The lowest BCUT2D eigenvalue weighted by molar-refractivity contribution is -0.178. The molecule has 0 saturated carbocycles. The van der Waals surface area contributed by atoms with Crippen molar-refractivity contribution in [2.45, 2.75) is 18.6 Å². The minimum Gasteiger partial charge on any atom is -0.370 e. The number of carbonyl (C=O) groups excluding carboxylic acids is 1. The molecule has 0 aliphatic rings. The van der Waals surface area contributed by atoms with Crippen LogP contribution in [0.15, 0.2) is 0 Å². The molecule has 0 saturated heterocycles. The molecule has 7 heteroatoms. The lowest BCUT2D eigenvalue weighted by atomic mass is 10.0. The molecule has 0 aliphatic heterocycles. The van der Waals surface area contributed by atoms with Gasteiger partial charge in [-0.05, 0) is 14.0 Å². The fraction of sp³-hybridized carbons (Fsp3) is 0.857. The van der Waals surface area contributed by atoms with Crippen molar-refractivity contribution < 1.29 is 22.7 Å². The van der Waals surface area contributed by atoms with Crippen LogP contribution in [-0.4, -0.2) is 37.9 Å². The molecule has 0 heterocycles. The highest BCUT2D eigenvalue weighted by Gasteiger charge is 2.33. The predicted molar refractivity (Wildman–Crippen MR) is 43.5 cm³/mol. The van der Waals surface area contributed by atoms with E-state index in [1.54, 1.807) is 0 Å². The van der Waals surface area contributed by atoms with E-state index in [1.165, 1.54) is 14.0 Å². The number of ether oxygens (including phenoxy) is 1. The largest absolute Gasteiger partial charge is 0.411 e. The number of carbonyl (C=O) groups is 1. The van der Waals surface area contributed by atoms with Gasteiger partial charge in [0.05, 0.1) is 6.61 Å². The second kappa shape index (κ2) is 4.61. The SMILES string of the molecule is CNC(C)(COCC(F)(F)F)C(N)=O. The van der Waals surface area contributed by atoms with E-state index in [4.69, 9.17) is 5.73 Å². The maximum absolute atomic E-state index is 11.7. The number of nitrogens with two attached hydrogens (primary N) is 1. The highest BCUT2D eigenvalue weighted by molar-refractivity contribution is 5.84. The van der Waals surface area contributed by atoms with Crippen molar-refractivity contribution in [3.63, 3.8) is 0 Å². The zero-order valence-corrected chi connectivity index (χ0v) is 7.94. The number of halogens is 3. The highest BCUT2D eigenvalue weighted by Crippen LogP contribution is 2.15. The van der Waals surface area contributed by atoms with Gasteiger partial charge in [-0.25, -0.2) is 0 Å². The Morgan fingerprint density at radius 3 is 2.21 bits per heavy atom. The standard InChI is InChI=1S/C7H13F3N2O2/c1-6(12-2,5(11)13)3-14-4-7(8,9)10/h12H,3-4H2,1-2H3,(H2,11,13). The van der Waals surface area contributed by atoms with E-state index >= 15 is 0 Å². The quantitative estimate of drug-likeness (QED) is 0.678. The first kappa shape index (κ1) is 13.2. The van der Waals surface area contributed by atoms with Gasteiger partial charge in [0.15, 0.2) is 0 Å². The molecular formula is C7H13F3N2O2. The van der Waals surface area contributed by atoms with Gasteiger partial charge >= 0.3 is 6.18 Å². The molecule has 0 radical (unpaired) electrons. The van der Waals surface area contributed by atoms with Crippen LogP contribution in [0, 0.1) is 0 Å². The minimum atomic E-state index is -4.40. The zero-order chi connectivity index (χ0) is 11.4. The maximum atomic E-state index is 11.7. The lowest BCUT2D eigenvalue weighted by Crippen LogP contribution is -2.55.